The fourth-order valence-corrected chi connectivity index (χ4v) is 1.35. The molecule has 1 atom stereocenters. The Bertz CT molecular complexity index is 567. The van der Waals surface area contributed by atoms with E-state index in [0.717, 1.165) is 0 Å². The molecule has 0 spiro atoms. The third-order valence-corrected chi connectivity index (χ3v) is 2.26. The summed E-state index contributed by atoms with van der Waals surface area (Å²) in [6.45, 7) is 0. The van der Waals surface area contributed by atoms with Crippen LogP contribution in [0.1, 0.15) is 12.0 Å². The summed E-state index contributed by atoms with van der Waals surface area (Å²) in [4.78, 5) is 22.7. The summed E-state index contributed by atoms with van der Waals surface area (Å²) in [6, 6.07) is 5.25. The number of urea groups is 1. The molecule has 0 aliphatic heterocycles. The number of carbonyl (C=O) groups excluding carboxylic acids is 2. The molecular formula is C14H13N3O2. The highest BCUT2D eigenvalue weighted by atomic mass is 16.2. The standard InChI is InChI=1S/C14H13N3O2/c1-3-6-12(13(15)18)17-14(19)16-11-8-5-7-10(4-2)9-11/h1-2,5,7-9,12H,6H2,(H2,15,18)(H2,16,17,19)/t12-/m0/s1. The van der Waals surface area contributed by atoms with Crippen LogP contribution in [0.25, 0.3) is 0 Å². The lowest BCUT2D eigenvalue weighted by Gasteiger charge is -2.13. The van der Waals surface area contributed by atoms with Gasteiger partial charge in [-0.05, 0) is 18.2 Å². The Morgan fingerprint density at radius 3 is 2.68 bits per heavy atom. The number of terminal acetylenes is 2. The van der Waals surface area contributed by atoms with Gasteiger partial charge in [-0.3, -0.25) is 4.79 Å². The van der Waals surface area contributed by atoms with Gasteiger partial charge in [-0.25, -0.2) is 4.79 Å². The zero-order valence-corrected chi connectivity index (χ0v) is 10.1. The van der Waals surface area contributed by atoms with Crippen molar-refractivity contribution in [1.82, 2.24) is 5.32 Å². The normalized spacial score (nSPS) is 10.6. The molecule has 0 aromatic heterocycles. The molecule has 1 aromatic rings. The first-order valence-corrected chi connectivity index (χ1v) is 5.43. The first kappa shape index (κ1) is 14.1. The molecule has 0 saturated heterocycles. The Labute approximate surface area is 111 Å². The zero-order valence-electron chi connectivity index (χ0n) is 10.1. The van der Waals surface area contributed by atoms with Gasteiger partial charge in [0.05, 0.1) is 0 Å². The summed E-state index contributed by atoms with van der Waals surface area (Å²) in [6.07, 6.45) is 10.4. The minimum absolute atomic E-state index is 0.0349. The summed E-state index contributed by atoms with van der Waals surface area (Å²) in [5, 5.41) is 4.92. The number of anilines is 1. The number of primary amides is 1. The van der Waals surface area contributed by atoms with Crippen LogP contribution < -0.4 is 16.4 Å². The van der Waals surface area contributed by atoms with Gasteiger partial charge in [0.1, 0.15) is 6.04 Å². The van der Waals surface area contributed by atoms with Crippen LogP contribution in [0, 0.1) is 24.7 Å². The van der Waals surface area contributed by atoms with Crippen molar-refractivity contribution in [2.75, 3.05) is 5.32 Å². The van der Waals surface area contributed by atoms with Gasteiger partial charge in [-0.1, -0.05) is 12.0 Å². The Morgan fingerprint density at radius 2 is 2.11 bits per heavy atom. The topological polar surface area (TPSA) is 84.2 Å². The largest absolute Gasteiger partial charge is 0.368 e. The molecule has 0 fully saturated rings. The van der Waals surface area contributed by atoms with Crippen molar-refractivity contribution in [3.05, 3.63) is 29.8 Å². The van der Waals surface area contributed by atoms with E-state index >= 15 is 0 Å². The second kappa shape index (κ2) is 6.73. The third-order valence-electron chi connectivity index (χ3n) is 2.26. The monoisotopic (exact) mass is 255 g/mol. The van der Waals surface area contributed by atoms with Crippen LogP contribution in [0.3, 0.4) is 0 Å². The van der Waals surface area contributed by atoms with Crippen molar-refractivity contribution in [2.24, 2.45) is 5.73 Å². The molecule has 0 aliphatic carbocycles. The van der Waals surface area contributed by atoms with Gasteiger partial charge in [0.2, 0.25) is 5.91 Å². The Balaban J connectivity index is 2.67. The smallest absolute Gasteiger partial charge is 0.319 e. The molecule has 4 N–H and O–H groups in total. The van der Waals surface area contributed by atoms with Crippen molar-refractivity contribution in [1.29, 1.82) is 0 Å². The van der Waals surface area contributed by atoms with Gasteiger partial charge in [0.25, 0.3) is 0 Å². The lowest BCUT2D eigenvalue weighted by Crippen LogP contribution is -2.45. The van der Waals surface area contributed by atoms with E-state index in [1.165, 1.54) is 0 Å². The molecular weight excluding hydrogens is 242 g/mol. The molecule has 19 heavy (non-hydrogen) atoms. The van der Waals surface area contributed by atoms with Crippen molar-refractivity contribution >= 4 is 17.6 Å². The molecule has 3 amide bonds. The van der Waals surface area contributed by atoms with E-state index in [1.54, 1.807) is 24.3 Å². The molecule has 1 rings (SSSR count). The molecule has 5 heteroatoms. The van der Waals surface area contributed by atoms with E-state index in [0.29, 0.717) is 11.3 Å². The molecule has 0 aliphatic rings. The summed E-state index contributed by atoms with van der Waals surface area (Å²) >= 11 is 0. The molecule has 5 nitrogen and oxygen atoms in total. The number of hydrogen-bond acceptors (Lipinski definition) is 2. The number of rotatable bonds is 4. The number of amides is 3. The van der Waals surface area contributed by atoms with Crippen molar-refractivity contribution in [3.8, 4) is 24.7 Å². The third kappa shape index (κ3) is 4.45. The Morgan fingerprint density at radius 1 is 1.37 bits per heavy atom. The van der Waals surface area contributed by atoms with Crippen molar-refractivity contribution in [2.45, 2.75) is 12.5 Å². The maximum atomic E-state index is 11.7. The van der Waals surface area contributed by atoms with Crippen LogP contribution in [0.5, 0.6) is 0 Å². The van der Waals surface area contributed by atoms with Crippen LogP contribution in [0.2, 0.25) is 0 Å². The van der Waals surface area contributed by atoms with E-state index < -0.39 is 18.0 Å². The first-order chi connectivity index (χ1) is 9.06. The highest BCUT2D eigenvalue weighted by Gasteiger charge is 2.16. The average molecular weight is 255 g/mol. The average Bonchev–Trinajstić information content (AvgIpc) is 2.38. The second-order valence-corrected chi connectivity index (χ2v) is 3.69. The molecule has 0 bridgehead atoms. The van der Waals surface area contributed by atoms with Crippen molar-refractivity contribution in [3.63, 3.8) is 0 Å². The first-order valence-electron chi connectivity index (χ1n) is 5.43. The predicted octanol–water partition coefficient (Wildman–Crippen LogP) is 0.667. The minimum Gasteiger partial charge on any atom is -0.368 e. The number of nitrogens with one attached hydrogen (secondary N) is 2. The maximum absolute atomic E-state index is 11.7. The van der Waals surface area contributed by atoms with Crippen molar-refractivity contribution < 1.29 is 9.59 Å². The van der Waals surface area contributed by atoms with E-state index in [9.17, 15) is 9.59 Å². The number of hydrogen-bond donors (Lipinski definition) is 3. The lowest BCUT2D eigenvalue weighted by molar-refractivity contribution is -0.119. The molecule has 0 unspecified atom stereocenters. The summed E-state index contributed by atoms with van der Waals surface area (Å²) < 4.78 is 0. The van der Waals surface area contributed by atoms with E-state index in [-0.39, 0.29) is 6.42 Å². The molecule has 0 heterocycles. The SMILES string of the molecule is C#CC[C@H](NC(=O)Nc1cccc(C#C)c1)C(N)=O. The van der Waals surface area contributed by atoms with Crippen LogP contribution in [0.15, 0.2) is 24.3 Å². The second-order valence-electron chi connectivity index (χ2n) is 3.69. The van der Waals surface area contributed by atoms with Crippen LogP contribution in [-0.4, -0.2) is 18.0 Å². The van der Waals surface area contributed by atoms with Gasteiger partial charge in [-0.2, -0.15) is 0 Å². The van der Waals surface area contributed by atoms with Gasteiger partial charge >= 0.3 is 6.03 Å². The molecule has 0 saturated carbocycles. The van der Waals surface area contributed by atoms with Gasteiger partial charge in [0.15, 0.2) is 0 Å². The highest BCUT2D eigenvalue weighted by molar-refractivity contribution is 5.93. The molecule has 96 valence electrons. The zero-order chi connectivity index (χ0) is 14.3. The summed E-state index contributed by atoms with van der Waals surface area (Å²) in [5.41, 5.74) is 6.25. The minimum atomic E-state index is -0.902. The van der Waals surface area contributed by atoms with E-state index in [2.05, 4.69) is 22.5 Å². The highest BCUT2D eigenvalue weighted by Crippen LogP contribution is 2.09. The Hall–Kier alpha value is -2.92. The number of nitrogens with two attached hydrogens (primary N) is 1. The summed E-state index contributed by atoms with van der Waals surface area (Å²) in [5.74, 6) is 4.02. The molecule has 0 radical (unpaired) electrons. The van der Waals surface area contributed by atoms with Crippen LogP contribution in [0.4, 0.5) is 10.5 Å². The molecule has 1 aromatic carbocycles. The predicted molar refractivity (Wildman–Crippen MR) is 73.0 cm³/mol. The number of carbonyl (C=O) groups is 2. The van der Waals surface area contributed by atoms with Crippen LogP contribution in [-0.2, 0) is 4.79 Å². The summed E-state index contributed by atoms with van der Waals surface area (Å²) in [7, 11) is 0. The van der Waals surface area contributed by atoms with E-state index in [1.807, 2.05) is 0 Å². The fourth-order valence-electron chi connectivity index (χ4n) is 1.35. The number of benzene rings is 1. The van der Waals surface area contributed by atoms with Gasteiger partial charge in [0, 0.05) is 17.7 Å². The van der Waals surface area contributed by atoms with E-state index in [4.69, 9.17) is 18.6 Å². The van der Waals surface area contributed by atoms with Gasteiger partial charge in [-0.15, -0.1) is 18.8 Å². The maximum Gasteiger partial charge on any atom is 0.319 e. The Kier molecular flexibility index (Phi) is 5.01. The van der Waals surface area contributed by atoms with Crippen LogP contribution >= 0.6 is 0 Å². The quantitative estimate of drug-likeness (QED) is 0.691. The lowest BCUT2D eigenvalue weighted by atomic mass is 10.2. The van der Waals surface area contributed by atoms with Gasteiger partial charge < -0.3 is 16.4 Å². The fraction of sp³-hybridized carbons (Fsp3) is 0.143.